The smallest absolute Gasteiger partial charge is 0.293 e. The van der Waals surface area contributed by atoms with Crippen molar-refractivity contribution >= 4 is 40.2 Å². The van der Waals surface area contributed by atoms with Crippen molar-refractivity contribution in [2.45, 2.75) is 19.3 Å². The number of nitrogens with zero attached hydrogens (tertiary/aromatic N) is 2. The Hall–Kier alpha value is -2.87. The largest absolute Gasteiger partial charge is 0.349 e. The maximum Gasteiger partial charge on any atom is 0.293 e. The first kappa shape index (κ1) is 16.0. The summed E-state index contributed by atoms with van der Waals surface area (Å²) in [6.07, 6.45) is 3.72. The summed E-state index contributed by atoms with van der Waals surface area (Å²) in [5.41, 5.74) is 1.84. The van der Waals surface area contributed by atoms with Gasteiger partial charge in [-0.2, -0.15) is 0 Å². The van der Waals surface area contributed by atoms with Gasteiger partial charge < -0.3 is 10.6 Å². The average molecular weight is 342 g/mol. The monoisotopic (exact) mass is 342 g/mol. The molecule has 7 nitrogen and oxygen atoms in total. The number of nitrogens with one attached hydrogen (secondary N) is 2. The van der Waals surface area contributed by atoms with E-state index in [9.17, 15) is 14.9 Å². The Bertz CT molecular complexity index is 839. The van der Waals surface area contributed by atoms with Crippen LogP contribution < -0.4 is 10.6 Å². The van der Waals surface area contributed by atoms with E-state index in [1.807, 2.05) is 6.92 Å². The number of nitro benzene ring substituents is 1. The van der Waals surface area contributed by atoms with Crippen molar-refractivity contribution in [2.24, 2.45) is 0 Å². The van der Waals surface area contributed by atoms with E-state index in [-0.39, 0.29) is 17.3 Å². The van der Waals surface area contributed by atoms with Crippen LogP contribution in [-0.4, -0.2) is 20.8 Å². The Kier molecular flexibility index (Phi) is 4.22. The van der Waals surface area contributed by atoms with Gasteiger partial charge in [-0.05, 0) is 30.2 Å². The zero-order chi connectivity index (χ0) is 17.3. The Labute approximate surface area is 143 Å². The number of aromatic nitrogens is 1. The quantitative estimate of drug-likeness (QED) is 0.501. The fourth-order valence-corrected chi connectivity index (χ4v) is 3.12. The number of amides is 1. The number of anilines is 2. The van der Waals surface area contributed by atoms with Crippen molar-refractivity contribution in [3.8, 4) is 0 Å². The summed E-state index contributed by atoms with van der Waals surface area (Å²) in [5, 5.41) is 17.1. The Balaban J connectivity index is 1.99. The molecular weight excluding hydrogens is 328 g/mol. The van der Waals surface area contributed by atoms with Gasteiger partial charge in [-0.3, -0.25) is 19.9 Å². The molecular formula is C16H14N4O3S. The molecule has 122 valence electrons. The van der Waals surface area contributed by atoms with E-state index in [1.165, 1.54) is 30.6 Å². The second-order valence-corrected chi connectivity index (χ2v) is 5.79. The van der Waals surface area contributed by atoms with Gasteiger partial charge in [0.25, 0.3) is 11.6 Å². The summed E-state index contributed by atoms with van der Waals surface area (Å²) in [6.45, 7) is 1.97. The second kappa shape index (κ2) is 6.32. The minimum atomic E-state index is -0.503. The van der Waals surface area contributed by atoms with Gasteiger partial charge in [0.2, 0.25) is 0 Å². The molecule has 3 rings (SSSR count). The molecule has 8 heteroatoms. The van der Waals surface area contributed by atoms with Crippen LogP contribution >= 0.6 is 12.2 Å². The van der Waals surface area contributed by atoms with Gasteiger partial charge in [-0.25, -0.2) is 0 Å². The predicted molar refractivity (Wildman–Crippen MR) is 94.5 cm³/mol. The Morgan fingerprint density at radius 2 is 2.12 bits per heavy atom. The minimum Gasteiger partial charge on any atom is -0.349 e. The van der Waals surface area contributed by atoms with Gasteiger partial charge in [-0.1, -0.05) is 19.1 Å². The lowest BCUT2D eigenvalue weighted by Gasteiger charge is -2.10. The summed E-state index contributed by atoms with van der Waals surface area (Å²) >= 11 is 5.29. The highest BCUT2D eigenvalue weighted by Crippen LogP contribution is 2.41. The minimum absolute atomic E-state index is 0.0429. The normalized spacial score (nSPS) is 15.5. The van der Waals surface area contributed by atoms with Crippen LogP contribution in [0.4, 0.5) is 17.1 Å². The number of fused-ring (bicyclic) bond motifs is 1. The summed E-state index contributed by atoms with van der Waals surface area (Å²) in [6, 6.07) is 6.12. The van der Waals surface area contributed by atoms with Gasteiger partial charge in [0.1, 0.15) is 5.69 Å². The number of hydrogen-bond acceptors (Lipinski definition) is 5. The van der Waals surface area contributed by atoms with Gasteiger partial charge in [0.15, 0.2) is 0 Å². The number of carbonyl (C=O) groups excluding carboxylic acids is 1. The summed E-state index contributed by atoms with van der Waals surface area (Å²) in [4.78, 5) is 27.6. The molecule has 0 aliphatic carbocycles. The van der Waals surface area contributed by atoms with E-state index in [0.29, 0.717) is 16.2 Å². The molecule has 2 N–H and O–H groups in total. The third kappa shape index (κ3) is 2.83. The first-order valence-electron chi connectivity index (χ1n) is 7.35. The second-order valence-electron chi connectivity index (χ2n) is 5.35. The Morgan fingerprint density at radius 1 is 1.42 bits per heavy atom. The number of hydrogen-bond donors (Lipinski definition) is 2. The molecule has 0 radical (unpaired) electrons. The van der Waals surface area contributed by atoms with Crippen molar-refractivity contribution in [3.05, 3.63) is 57.9 Å². The van der Waals surface area contributed by atoms with Gasteiger partial charge in [0, 0.05) is 35.6 Å². The molecule has 0 spiro atoms. The van der Waals surface area contributed by atoms with E-state index in [2.05, 4.69) is 15.6 Å². The van der Waals surface area contributed by atoms with E-state index < -0.39 is 10.8 Å². The standard InChI is InChI=1S/C16H14N4O3S/c1-2-10-11-7-14(20(22)23)13(8-12(11)19-16(10)24)18-15(21)9-3-5-17-6-4-9/h3-8,10H,2H2,1H3,(H,18,21)(H,19,24). The molecule has 24 heavy (non-hydrogen) atoms. The van der Waals surface area contributed by atoms with Crippen LogP contribution in [0, 0.1) is 10.1 Å². The van der Waals surface area contributed by atoms with Crippen LogP contribution in [0.15, 0.2) is 36.7 Å². The molecule has 1 atom stereocenters. The summed E-state index contributed by atoms with van der Waals surface area (Å²) < 4.78 is 0. The van der Waals surface area contributed by atoms with Crippen LogP contribution in [0.5, 0.6) is 0 Å². The molecule has 1 aliphatic rings. The molecule has 0 saturated heterocycles. The summed E-state index contributed by atoms with van der Waals surface area (Å²) in [5.74, 6) is -0.480. The number of nitro groups is 1. The molecule has 0 saturated carbocycles. The SMILES string of the molecule is CCC1C(=S)Nc2cc(NC(=O)c3ccncc3)c([N+](=O)[O-])cc21. The van der Waals surface area contributed by atoms with E-state index in [0.717, 1.165) is 12.0 Å². The zero-order valence-corrected chi connectivity index (χ0v) is 13.6. The third-order valence-electron chi connectivity index (χ3n) is 3.91. The highest BCUT2D eigenvalue weighted by Gasteiger charge is 2.30. The van der Waals surface area contributed by atoms with Crippen molar-refractivity contribution in [3.63, 3.8) is 0 Å². The zero-order valence-electron chi connectivity index (χ0n) is 12.8. The third-order valence-corrected chi connectivity index (χ3v) is 4.30. The van der Waals surface area contributed by atoms with E-state index in [4.69, 9.17) is 12.2 Å². The fraction of sp³-hybridized carbons (Fsp3) is 0.188. The van der Waals surface area contributed by atoms with Gasteiger partial charge >= 0.3 is 0 Å². The lowest BCUT2D eigenvalue weighted by Crippen LogP contribution is -2.13. The fourth-order valence-electron chi connectivity index (χ4n) is 2.72. The van der Waals surface area contributed by atoms with Crippen molar-refractivity contribution in [1.29, 1.82) is 0 Å². The molecule has 1 amide bonds. The number of benzene rings is 1. The van der Waals surface area contributed by atoms with Gasteiger partial charge in [-0.15, -0.1) is 0 Å². The van der Waals surface area contributed by atoms with Crippen molar-refractivity contribution in [2.75, 3.05) is 10.6 Å². The maximum atomic E-state index is 12.3. The molecule has 2 heterocycles. The van der Waals surface area contributed by atoms with Crippen LogP contribution in [0.2, 0.25) is 0 Å². The highest BCUT2D eigenvalue weighted by molar-refractivity contribution is 7.80. The van der Waals surface area contributed by atoms with Crippen LogP contribution in [0.3, 0.4) is 0 Å². The first-order valence-corrected chi connectivity index (χ1v) is 7.76. The van der Waals surface area contributed by atoms with Gasteiger partial charge in [0.05, 0.1) is 9.91 Å². The van der Waals surface area contributed by atoms with Crippen LogP contribution in [0.25, 0.3) is 0 Å². The highest BCUT2D eigenvalue weighted by atomic mass is 32.1. The number of thiocarbonyl (C=S) groups is 1. The van der Waals surface area contributed by atoms with Crippen LogP contribution in [0.1, 0.15) is 35.2 Å². The molecule has 2 aromatic rings. The molecule has 1 aliphatic heterocycles. The lowest BCUT2D eigenvalue weighted by atomic mass is 9.97. The molecule has 0 bridgehead atoms. The first-order chi connectivity index (χ1) is 11.5. The van der Waals surface area contributed by atoms with Crippen LogP contribution in [-0.2, 0) is 0 Å². The molecule has 1 unspecified atom stereocenters. The number of pyridine rings is 1. The molecule has 0 fully saturated rings. The molecule has 1 aromatic heterocycles. The molecule has 1 aromatic carbocycles. The van der Waals surface area contributed by atoms with E-state index in [1.54, 1.807) is 6.07 Å². The topological polar surface area (TPSA) is 97.2 Å². The summed E-state index contributed by atoms with van der Waals surface area (Å²) in [7, 11) is 0. The lowest BCUT2D eigenvalue weighted by molar-refractivity contribution is -0.384. The van der Waals surface area contributed by atoms with E-state index >= 15 is 0 Å². The average Bonchev–Trinajstić information content (AvgIpc) is 2.88. The number of carbonyl (C=O) groups is 1. The number of rotatable bonds is 4. The Morgan fingerprint density at radius 3 is 2.75 bits per heavy atom. The predicted octanol–water partition coefficient (Wildman–Crippen LogP) is 3.49. The maximum absolute atomic E-state index is 12.3. The van der Waals surface area contributed by atoms with Crippen molar-refractivity contribution < 1.29 is 9.72 Å². The van der Waals surface area contributed by atoms with Crippen molar-refractivity contribution in [1.82, 2.24) is 4.98 Å².